The number of aromatic carboxylic acids is 1. The number of rotatable bonds is 6. The summed E-state index contributed by atoms with van der Waals surface area (Å²) in [6, 6.07) is 0. The van der Waals surface area contributed by atoms with E-state index in [2.05, 4.69) is 4.98 Å². The van der Waals surface area contributed by atoms with Crippen molar-refractivity contribution in [1.29, 1.82) is 0 Å². The highest BCUT2D eigenvalue weighted by Crippen LogP contribution is 2.24. The number of carboxylic acids is 1. The maximum atomic E-state index is 12.5. The number of nitrogens with zero attached hydrogens (tertiary/aromatic N) is 1. The Balaban J connectivity index is 2.88. The zero-order valence-corrected chi connectivity index (χ0v) is 9.44. The van der Waals surface area contributed by atoms with Gasteiger partial charge in [-0.2, -0.15) is 0 Å². The molecule has 0 fully saturated rings. The van der Waals surface area contributed by atoms with E-state index >= 15 is 0 Å². The van der Waals surface area contributed by atoms with Crippen LogP contribution >= 0.6 is 0 Å². The van der Waals surface area contributed by atoms with Crippen LogP contribution in [-0.2, 0) is 11.2 Å². The average molecular weight is 249 g/mol. The fraction of sp³-hybridized carbons (Fsp3) is 0.600. The number of methoxy groups -OCH3 is 1. The minimum Gasteiger partial charge on any atom is -0.475 e. The van der Waals surface area contributed by atoms with Crippen molar-refractivity contribution >= 4 is 5.97 Å². The maximum Gasteiger partial charge on any atom is 0.374 e. The molecule has 0 aliphatic carbocycles. The average Bonchev–Trinajstić information content (AvgIpc) is 2.62. The molecule has 1 atom stereocenters. The van der Waals surface area contributed by atoms with Gasteiger partial charge >= 0.3 is 5.97 Å². The largest absolute Gasteiger partial charge is 0.475 e. The van der Waals surface area contributed by atoms with Crippen molar-refractivity contribution in [2.75, 3.05) is 13.7 Å². The highest BCUT2D eigenvalue weighted by atomic mass is 19.3. The summed E-state index contributed by atoms with van der Waals surface area (Å²) in [5, 5.41) is 8.67. The quantitative estimate of drug-likeness (QED) is 0.836. The van der Waals surface area contributed by atoms with Crippen LogP contribution in [0.15, 0.2) is 4.42 Å². The van der Waals surface area contributed by atoms with Crippen molar-refractivity contribution in [2.24, 2.45) is 5.92 Å². The van der Waals surface area contributed by atoms with Crippen LogP contribution in [0.25, 0.3) is 0 Å². The first-order valence-corrected chi connectivity index (χ1v) is 4.95. The summed E-state index contributed by atoms with van der Waals surface area (Å²) in [6.45, 7) is 2.23. The molecule has 0 saturated heterocycles. The minimum atomic E-state index is -2.96. The number of carboxylic acid groups (broad SMARTS) is 1. The van der Waals surface area contributed by atoms with E-state index in [-0.39, 0.29) is 18.2 Å². The Morgan fingerprint density at radius 1 is 1.59 bits per heavy atom. The first-order chi connectivity index (χ1) is 7.95. The minimum absolute atomic E-state index is 0.00539. The van der Waals surface area contributed by atoms with E-state index in [1.165, 1.54) is 7.11 Å². The lowest BCUT2D eigenvalue weighted by atomic mass is 10.1. The fourth-order valence-electron chi connectivity index (χ4n) is 1.41. The first-order valence-electron chi connectivity index (χ1n) is 4.95. The van der Waals surface area contributed by atoms with E-state index in [0.717, 1.165) is 0 Å². The summed E-state index contributed by atoms with van der Waals surface area (Å²) in [7, 11) is 1.51. The second-order valence-corrected chi connectivity index (χ2v) is 3.69. The van der Waals surface area contributed by atoms with Crippen LogP contribution in [0.3, 0.4) is 0 Å². The molecule has 0 radical (unpaired) electrons. The van der Waals surface area contributed by atoms with Crippen molar-refractivity contribution < 1.29 is 27.8 Å². The molecule has 0 spiro atoms. The third-order valence-corrected chi connectivity index (χ3v) is 2.07. The predicted molar refractivity (Wildman–Crippen MR) is 53.2 cm³/mol. The molecule has 1 rings (SSSR count). The van der Waals surface area contributed by atoms with Crippen molar-refractivity contribution in [2.45, 2.75) is 19.8 Å². The molecular formula is C10H13F2NO4. The Morgan fingerprint density at radius 2 is 2.24 bits per heavy atom. The molecule has 1 N–H and O–H groups in total. The van der Waals surface area contributed by atoms with Gasteiger partial charge in [-0.05, 0) is 5.92 Å². The van der Waals surface area contributed by atoms with Crippen LogP contribution in [0, 0.1) is 5.92 Å². The van der Waals surface area contributed by atoms with Gasteiger partial charge in [0.25, 0.3) is 6.43 Å². The zero-order valence-electron chi connectivity index (χ0n) is 9.44. The molecule has 0 saturated carbocycles. The fourth-order valence-corrected chi connectivity index (χ4v) is 1.41. The Morgan fingerprint density at radius 3 is 2.65 bits per heavy atom. The van der Waals surface area contributed by atoms with E-state index in [1.54, 1.807) is 0 Å². The summed E-state index contributed by atoms with van der Waals surface area (Å²) < 4.78 is 34.6. The van der Waals surface area contributed by atoms with Gasteiger partial charge in [-0.3, -0.25) is 0 Å². The van der Waals surface area contributed by atoms with Crippen molar-refractivity contribution in [1.82, 2.24) is 4.98 Å². The molecule has 1 aromatic heterocycles. The normalized spacial score (nSPS) is 13.0. The molecule has 1 unspecified atom stereocenters. The van der Waals surface area contributed by atoms with Gasteiger partial charge in [0.15, 0.2) is 11.6 Å². The maximum absolute atomic E-state index is 12.5. The van der Waals surface area contributed by atoms with Gasteiger partial charge in [-0.15, -0.1) is 0 Å². The Labute approximate surface area is 96.4 Å². The SMILES string of the molecule is COCC(C)Cc1nc(C(F)F)c(C(=O)O)o1. The summed E-state index contributed by atoms with van der Waals surface area (Å²) in [5.41, 5.74) is -0.822. The van der Waals surface area contributed by atoms with E-state index in [4.69, 9.17) is 14.3 Å². The Hall–Kier alpha value is -1.50. The smallest absolute Gasteiger partial charge is 0.374 e. The number of oxazole rings is 1. The molecule has 0 aromatic carbocycles. The number of alkyl halides is 2. The lowest BCUT2D eigenvalue weighted by Gasteiger charge is -2.05. The van der Waals surface area contributed by atoms with Crippen molar-refractivity contribution in [3.05, 3.63) is 17.3 Å². The third-order valence-electron chi connectivity index (χ3n) is 2.07. The molecule has 1 aromatic rings. The highest BCUT2D eigenvalue weighted by Gasteiger charge is 2.26. The lowest BCUT2D eigenvalue weighted by Crippen LogP contribution is -2.07. The van der Waals surface area contributed by atoms with Gasteiger partial charge < -0.3 is 14.3 Å². The zero-order chi connectivity index (χ0) is 13.0. The predicted octanol–water partition coefficient (Wildman–Crippen LogP) is 2.14. The Kier molecular flexibility index (Phi) is 4.56. The van der Waals surface area contributed by atoms with Gasteiger partial charge in [0.2, 0.25) is 5.76 Å². The molecule has 5 nitrogen and oxygen atoms in total. The van der Waals surface area contributed by atoms with E-state index in [0.29, 0.717) is 6.61 Å². The molecule has 1 heterocycles. The van der Waals surface area contributed by atoms with E-state index < -0.39 is 23.8 Å². The number of carbonyl (C=O) groups is 1. The number of ether oxygens (including phenoxy) is 1. The standard InChI is InChI=1S/C10H13F2NO4/c1-5(4-16-2)3-6-13-7(9(11)12)8(17-6)10(14)15/h5,9H,3-4H2,1-2H3,(H,14,15). The summed E-state index contributed by atoms with van der Waals surface area (Å²) >= 11 is 0. The molecule has 0 amide bonds. The van der Waals surface area contributed by atoms with E-state index in [1.807, 2.05) is 6.92 Å². The number of hydrogen-bond donors (Lipinski definition) is 1. The number of halogens is 2. The molecule has 0 bridgehead atoms. The van der Waals surface area contributed by atoms with Crippen molar-refractivity contribution in [3.8, 4) is 0 Å². The number of aromatic nitrogens is 1. The summed E-state index contributed by atoms with van der Waals surface area (Å²) in [5.74, 6) is -2.34. The lowest BCUT2D eigenvalue weighted by molar-refractivity contribution is 0.0643. The van der Waals surface area contributed by atoms with Crippen LogP contribution in [0.1, 0.15) is 35.5 Å². The first kappa shape index (κ1) is 13.6. The molecule has 17 heavy (non-hydrogen) atoms. The second-order valence-electron chi connectivity index (χ2n) is 3.69. The Bertz CT molecular complexity index is 392. The van der Waals surface area contributed by atoms with Crippen LogP contribution in [0.4, 0.5) is 8.78 Å². The van der Waals surface area contributed by atoms with Crippen LogP contribution in [0.2, 0.25) is 0 Å². The summed E-state index contributed by atoms with van der Waals surface area (Å²) in [6.07, 6.45) is -2.71. The van der Waals surface area contributed by atoms with Gasteiger partial charge in [0.1, 0.15) is 0 Å². The topological polar surface area (TPSA) is 72.6 Å². The van der Waals surface area contributed by atoms with Crippen LogP contribution < -0.4 is 0 Å². The second kappa shape index (κ2) is 5.72. The molecule has 0 aliphatic heterocycles. The van der Waals surface area contributed by atoms with Crippen LogP contribution in [-0.4, -0.2) is 29.8 Å². The van der Waals surface area contributed by atoms with Gasteiger partial charge in [-0.1, -0.05) is 6.92 Å². The highest BCUT2D eigenvalue weighted by molar-refractivity contribution is 5.85. The molecular weight excluding hydrogens is 236 g/mol. The van der Waals surface area contributed by atoms with Crippen LogP contribution in [0.5, 0.6) is 0 Å². The molecule has 0 aliphatic rings. The van der Waals surface area contributed by atoms with Gasteiger partial charge in [-0.25, -0.2) is 18.6 Å². The molecule has 96 valence electrons. The number of hydrogen-bond acceptors (Lipinski definition) is 4. The summed E-state index contributed by atoms with van der Waals surface area (Å²) in [4.78, 5) is 14.2. The van der Waals surface area contributed by atoms with Gasteiger partial charge in [0.05, 0.1) is 0 Å². The molecule has 7 heteroatoms. The van der Waals surface area contributed by atoms with Crippen molar-refractivity contribution in [3.63, 3.8) is 0 Å². The monoisotopic (exact) mass is 249 g/mol. The third kappa shape index (κ3) is 3.48. The van der Waals surface area contributed by atoms with Gasteiger partial charge in [0, 0.05) is 20.1 Å². The van der Waals surface area contributed by atoms with E-state index in [9.17, 15) is 13.6 Å².